The molecule has 2 rings (SSSR count). The van der Waals surface area contributed by atoms with Crippen LogP contribution in [0.1, 0.15) is 31.7 Å². The van der Waals surface area contributed by atoms with Crippen molar-refractivity contribution in [3.05, 3.63) is 29.8 Å². The van der Waals surface area contributed by atoms with Crippen LogP contribution in [0.5, 0.6) is 5.75 Å². The number of hydrogen-bond donors (Lipinski definition) is 1. The van der Waals surface area contributed by atoms with Gasteiger partial charge in [-0.1, -0.05) is 31.9 Å². The fourth-order valence-electron chi connectivity index (χ4n) is 2.27. The van der Waals surface area contributed by atoms with Crippen LogP contribution in [-0.4, -0.2) is 22.1 Å². The van der Waals surface area contributed by atoms with Crippen molar-refractivity contribution in [2.45, 2.75) is 31.7 Å². The third-order valence-corrected chi connectivity index (χ3v) is 4.45. The van der Waals surface area contributed by atoms with Gasteiger partial charge >= 0.3 is 10.3 Å². The minimum atomic E-state index is -3.63. The summed E-state index contributed by atoms with van der Waals surface area (Å²) in [6.07, 6.45) is 2.65. The highest BCUT2D eigenvalue weighted by Gasteiger charge is 2.43. The van der Waals surface area contributed by atoms with Crippen LogP contribution in [0.4, 0.5) is 0 Å². The van der Waals surface area contributed by atoms with Gasteiger partial charge in [0.05, 0.1) is 19.3 Å². The highest BCUT2D eigenvalue weighted by molar-refractivity contribution is 7.85. The number of hydrogen-bond acceptors (Lipinski definition) is 4. The lowest BCUT2D eigenvalue weighted by molar-refractivity contribution is 0.254. The van der Waals surface area contributed by atoms with Gasteiger partial charge in [-0.3, -0.25) is 4.18 Å². The number of rotatable bonds is 5. The molecule has 1 saturated heterocycles. The maximum Gasteiger partial charge on any atom is 0.336 e. The van der Waals surface area contributed by atoms with Crippen LogP contribution >= 0.6 is 0 Å². The molecular weight excluding hydrogens is 266 g/mol. The largest absolute Gasteiger partial charge is 0.497 e. The van der Waals surface area contributed by atoms with E-state index in [0.29, 0.717) is 0 Å². The average Bonchev–Trinajstić information content (AvgIpc) is 2.73. The number of ether oxygens (including phenoxy) is 1. The molecule has 1 heterocycles. The second kappa shape index (κ2) is 5.48. The summed E-state index contributed by atoms with van der Waals surface area (Å²) in [6.45, 7) is 2.22. The third-order valence-electron chi connectivity index (χ3n) is 3.38. The van der Waals surface area contributed by atoms with Crippen LogP contribution in [-0.2, 0) is 20.0 Å². The van der Waals surface area contributed by atoms with Gasteiger partial charge in [0.2, 0.25) is 0 Å². The minimum absolute atomic E-state index is 0.141. The zero-order valence-corrected chi connectivity index (χ0v) is 12.0. The fourth-order valence-corrected chi connectivity index (χ4v) is 3.45. The van der Waals surface area contributed by atoms with Gasteiger partial charge in [0.1, 0.15) is 5.75 Å². The normalized spacial score (nSPS) is 25.4. The number of unbranched alkanes of at least 4 members (excludes halogenated alkanes) is 1. The van der Waals surface area contributed by atoms with E-state index in [1.807, 2.05) is 24.3 Å². The summed E-state index contributed by atoms with van der Waals surface area (Å²) >= 11 is 0. The molecule has 1 N–H and O–H groups in total. The van der Waals surface area contributed by atoms with Crippen molar-refractivity contribution in [3.8, 4) is 5.75 Å². The molecule has 0 radical (unpaired) electrons. The highest BCUT2D eigenvalue weighted by Crippen LogP contribution is 2.34. The molecule has 0 saturated carbocycles. The second-order valence-corrected chi connectivity index (χ2v) is 6.08. The molecule has 1 aliphatic heterocycles. The Hall–Kier alpha value is -1.11. The molecule has 0 aliphatic carbocycles. The van der Waals surface area contributed by atoms with Gasteiger partial charge in [0.25, 0.3) is 0 Å². The predicted octanol–water partition coefficient (Wildman–Crippen LogP) is 1.95. The standard InChI is InChI=1S/C13H19NO4S/c1-3-4-9-13(10-18-19(15,16)14-13)11-5-7-12(17-2)8-6-11/h5-8,14H,3-4,9-10H2,1-2H3/t13-/m0/s1. The van der Waals surface area contributed by atoms with Crippen LogP contribution in [0.25, 0.3) is 0 Å². The first-order valence-corrected chi connectivity index (χ1v) is 7.75. The Kier molecular flexibility index (Phi) is 4.13. The van der Waals surface area contributed by atoms with E-state index in [2.05, 4.69) is 11.6 Å². The number of benzene rings is 1. The lowest BCUT2D eigenvalue weighted by atomic mass is 9.87. The fraction of sp³-hybridized carbons (Fsp3) is 0.538. The van der Waals surface area contributed by atoms with E-state index in [0.717, 1.165) is 30.6 Å². The third kappa shape index (κ3) is 3.08. The molecule has 0 amide bonds. The minimum Gasteiger partial charge on any atom is -0.497 e. The second-order valence-electron chi connectivity index (χ2n) is 4.73. The average molecular weight is 285 g/mol. The Morgan fingerprint density at radius 1 is 1.37 bits per heavy atom. The molecule has 1 aromatic carbocycles. The quantitative estimate of drug-likeness (QED) is 0.898. The van der Waals surface area contributed by atoms with Gasteiger partial charge in [0, 0.05) is 0 Å². The maximum atomic E-state index is 11.5. The Morgan fingerprint density at radius 3 is 2.53 bits per heavy atom. The van der Waals surface area contributed by atoms with Crippen LogP contribution < -0.4 is 9.46 Å². The van der Waals surface area contributed by atoms with Gasteiger partial charge in [-0.05, 0) is 24.1 Å². The molecule has 0 unspecified atom stereocenters. The van der Waals surface area contributed by atoms with Gasteiger partial charge in [0.15, 0.2) is 0 Å². The zero-order valence-electron chi connectivity index (χ0n) is 11.2. The van der Waals surface area contributed by atoms with Crippen molar-refractivity contribution in [2.24, 2.45) is 0 Å². The summed E-state index contributed by atoms with van der Waals surface area (Å²) in [7, 11) is -2.03. The van der Waals surface area contributed by atoms with E-state index in [4.69, 9.17) is 8.92 Å². The first kappa shape index (κ1) is 14.3. The van der Waals surface area contributed by atoms with E-state index < -0.39 is 15.8 Å². The van der Waals surface area contributed by atoms with Gasteiger partial charge in [-0.2, -0.15) is 13.1 Å². The molecule has 0 spiro atoms. The molecular formula is C13H19NO4S. The predicted molar refractivity (Wildman–Crippen MR) is 72.2 cm³/mol. The summed E-state index contributed by atoms with van der Waals surface area (Å²) in [5.74, 6) is 0.746. The Bertz CT molecular complexity index is 526. The van der Waals surface area contributed by atoms with Crippen molar-refractivity contribution in [3.63, 3.8) is 0 Å². The molecule has 0 bridgehead atoms. The van der Waals surface area contributed by atoms with E-state index in [1.54, 1.807) is 7.11 Å². The Labute approximate surface area is 114 Å². The van der Waals surface area contributed by atoms with Crippen LogP contribution in [0, 0.1) is 0 Å². The van der Waals surface area contributed by atoms with Crippen LogP contribution in [0.3, 0.4) is 0 Å². The van der Waals surface area contributed by atoms with Gasteiger partial charge in [-0.25, -0.2) is 0 Å². The van der Waals surface area contributed by atoms with Crippen LogP contribution in [0.15, 0.2) is 24.3 Å². The molecule has 0 aromatic heterocycles. The Balaban J connectivity index is 2.32. The molecule has 1 fully saturated rings. The summed E-state index contributed by atoms with van der Waals surface area (Å²) in [6, 6.07) is 7.42. The Morgan fingerprint density at radius 2 is 2.05 bits per heavy atom. The van der Waals surface area contributed by atoms with Crippen molar-refractivity contribution in [1.82, 2.24) is 4.72 Å². The van der Waals surface area contributed by atoms with Crippen molar-refractivity contribution >= 4 is 10.3 Å². The van der Waals surface area contributed by atoms with Gasteiger partial charge in [-0.15, -0.1) is 0 Å². The summed E-state index contributed by atoms with van der Waals surface area (Å²) in [5.41, 5.74) is 0.254. The molecule has 1 aliphatic rings. The van der Waals surface area contributed by atoms with E-state index >= 15 is 0 Å². The van der Waals surface area contributed by atoms with Crippen LogP contribution in [0.2, 0.25) is 0 Å². The van der Waals surface area contributed by atoms with E-state index in [1.165, 1.54) is 0 Å². The molecule has 1 aromatic rings. The topological polar surface area (TPSA) is 64.6 Å². The van der Waals surface area contributed by atoms with Crippen molar-refractivity contribution in [1.29, 1.82) is 0 Å². The number of methoxy groups -OCH3 is 1. The summed E-state index contributed by atoms with van der Waals surface area (Å²) in [4.78, 5) is 0. The van der Waals surface area contributed by atoms with Crippen molar-refractivity contribution < 1.29 is 17.3 Å². The smallest absolute Gasteiger partial charge is 0.336 e. The molecule has 106 valence electrons. The summed E-state index contributed by atoms with van der Waals surface area (Å²) in [5, 5.41) is 0. The first-order chi connectivity index (χ1) is 9.01. The van der Waals surface area contributed by atoms with Crippen molar-refractivity contribution in [2.75, 3.05) is 13.7 Å². The van der Waals surface area contributed by atoms with Gasteiger partial charge < -0.3 is 4.74 Å². The van der Waals surface area contributed by atoms with E-state index in [-0.39, 0.29) is 6.61 Å². The lowest BCUT2D eigenvalue weighted by Crippen LogP contribution is -2.40. The molecule has 5 nitrogen and oxygen atoms in total. The maximum absolute atomic E-state index is 11.5. The molecule has 19 heavy (non-hydrogen) atoms. The monoisotopic (exact) mass is 285 g/mol. The molecule has 6 heteroatoms. The molecule has 1 atom stereocenters. The summed E-state index contributed by atoms with van der Waals surface area (Å²) < 4.78 is 35.7. The number of nitrogens with one attached hydrogen (secondary N) is 1. The first-order valence-electron chi connectivity index (χ1n) is 6.34. The zero-order chi connectivity index (χ0) is 13.9. The van der Waals surface area contributed by atoms with E-state index in [9.17, 15) is 8.42 Å². The lowest BCUT2D eigenvalue weighted by Gasteiger charge is -2.26. The SMILES string of the molecule is CCCC[C@@]1(c2ccc(OC)cc2)COS(=O)(=O)N1. The highest BCUT2D eigenvalue weighted by atomic mass is 32.2.